The molecule has 3 aliphatic heterocycles. The fourth-order valence-corrected chi connectivity index (χ4v) is 9.06. The average molecular weight is 968 g/mol. The van der Waals surface area contributed by atoms with Crippen molar-refractivity contribution < 1.29 is 48.3 Å². The number of H-pyrrole nitrogens is 1. The fourth-order valence-electron chi connectivity index (χ4n) is 9.06. The van der Waals surface area contributed by atoms with E-state index in [9.17, 15) is 48.3 Å². The van der Waals surface area contributed by atoms with Gasteiger partial charge in [0.2, 0.25) is 53.2 Å². The molecular formula is C49H65N11O10. The van der Waals surface area contributed by atoms with Crippen molar-refractivity contribution in [2.75, 3.05) is 19.6 Å². The third-order valence-electron chi connectivity index (χ3n) is 12.7. The summed E-state index contributed by atoms with van der Waals surface area (Å²) in [6.45, 7) is 6.20. The van der Waals surface area contributed by atoms with E-state index in [2.05, 4.69) is 47.2 Å². The lowest BCUT2D eigenvalue weighted by Gasteiger charge is -2.32. The number of nitrogens with zero attached hydrogens (tertiary/aromatic N) is 3. The maximum Gasteiger partial charge on any atom is 0.245 e. The van der Waals surface area contributed by atoms with E-state index in [1.807, 2.05) is 13.8 Å². The summed E-state index contributed by atoms with van der Waals surface area (Å²) >= 11 is 0. The van der Waals surface area contributed by atoms with Crippen LogP contribution in [0.3, 0.4) is 0 Å². The highest BCUT2D eigenvalue weighted by Crippen LogP contribution is 2.23. The third kappa shape index (κ3) is 14.0. The summed E-state index contributed by atoms with van der Waals surface area (Å²) in [5.74, 6) is -6.54. The molecule has 21 heteroatoms. The lowest BCUT2D eigenvalue weighted by molar-refractivity contribution is -0.144. The van der Waals surface area contributed by atoms with Crippen molar-refractivity contribution in [3.05, 3.63) is 90.0 Å². The maximum absolute atomic E-state index is 14.5. The number of aromatic amines is 1. The van der Waals surface area contributed by atoms with Gasteiger partial charge in [0.05, 0.1) is 19.0 Å². The molecule has 0 saturated carbocycles. The van der Waals surface area contributed by atoms with Gasteiger partial charge in [-0.3, -0.25) is 43.2 Å². The molecule has 9 N–H and O–H groups in total. The Hall–Kier alpha value is -7.16. The van der Waals surface area contributed by atoms with E-state index in [0.717, 1.165) is 0 Å². The normalized spacial score (nSPS) is 26.7. The molecule has 2 aromatic carbocycles. The molecule has 0 aliphatic carbocycles. The van der Waals surface area contributed by atoms with Crippen molar-refractivity contribution in [2.24, 2.45) is 5.92 Å². The highest BCUT2D eigenvalue weighted by atomic mass is 16.3. The first-order valence-corrected chi connectivity index (χ1v) is 23.9. The standard InChI is InChI=1S/C49H65N11O10/c1-28(2)21-37-49(70)60-20-12-17-38(60)45(66)53-29(3)48(69)59-19-11-18-39(59)46(67)55-34(22-31-13-7-5-8-14-31)42(63)51-26-40(62)58-41(30(4)61)47(68)56-36(24-33-25-50-27-52-33)44(65)54-35(43(64)57-37)23-32-15-9-6-10-16-32/h5-10,13-16,25,27-30,34-39,41,61H,11-12,17-24,26H2,1-4H3,(H,50,52)(H,51,63)(H,53,66)(H,54,65)(H,55,67)(H,56,68)(H,57,64)(H,58,62)/t29-,30+,34-,35-,36-,37-,38-,39-,41-/m0/s1. The zero-order chi connectivity index (χ0) is 50.5. The van der Waals surface area contributed by atoms with Gasteiger partial charge in [-0.1, -0.05) is 74.5 Å². The van der Waals surface area contributed by atoms with E-state index in [1.54, 1.807) is 60.7 Å². The molecule has 3 saturated heterocycles. The van der Waals surface area contributed by atoms with E-state index in [4.69, 9.17) is 0 Å². The molecule has 70 heavy (non-hydrogen) atoms. The van der Waals surface area contributed by atoms with Gasteiger partial charge in [-0.25, -0.2) is 4.98 Å². The third-order valence-corrected chi connectivity index (χ3v) is 12.7. The second-order valence-electron chi connectivity index (χ2n) is 18.6. The molecule has 0 spiro atoms. The Kier molecular flexibility index (Phi) is 18.2. The number of hydrogen-bond donors (Lipinski definition) is 9. The predicted molar refractivity (Wildman–Crippen MR) is 253 cm³/mol. The summed E-state index contributed by atoms with van der Waals surface area (Å²) in [4.78, 5) is 136. The number of aliphatic hydroxyl groups excluding tert-OH is 1. The first-order chi connectivity index (χ1) is 33.5. The maximum atomic E-state index is 14.5. The smallest absolute Gasteiger partial charge is 0.245 e. The van der Waals surface area contributed by atoms with Gasteiger partial charge >= 0.3 is 0 Å². The van der Waals surface area contributed by atoms with Gasteiger partial charge in [0.15, 0.2) is 0 Å². The highest BCUT2D eigenvalue weighted by molar-refractivity contribution is 5.99. The van der Waals surface area contributed by atoms with Crippen molar-refractivity contribution >= 4 is 53.2 Å². The van der Waals surface area contributed by atoms with Crippen LogP contribution in [0.15, 0.2) is 73.2 Å². The van der Waals surface area contributed by atoms with Crippen LogP contribution < -0.4 is 37.2 Å². The number of imidazole rings is 1. The van der Waals surface area contributed by atoms with Crippen molar-refractivity contribution in [1.29, 1.82) is 0 Å². The lowest BCUT2D eigenvalue weighted by atomic mass is 10.00. The number of nitrogens with one attached hydrogen (secondary N) is 8. The molecule has 0 radical (unpaired) electrons. The molecule has 3 aromatic rings. The molecule has 4 heterocycles. The van der Waals surface area contributed by atoms with Crippen LogP contribution >= 0.6 is 0 Å². The van der Waals surface area contributed by atoms with Crippen LogP contribution in [0.5, 0.6) is 0 Å². The number of fused-ring (bicyclic) bond motifs is 2. The zero-order valence-electron chi connectivity index (χ0n) is 39.9. The van der Waals surface area contributed by atoms with Crippen LogP contribution in [0, 0.1) is 5.92 Å². The van der Waals surface area contributed by atoms with Gasteiger partial charge in [-0.05, 0) is 63.0 Å². The van der Waals surface area contributed by atoms with E-state index < -0.39 is 114 Å². The highest BCUT2D eigenvalue weighted by Gasteiger charge is 2.42. The number of aliphatic hydroxyl groups is 1. The Morgan fingerprint density at radius 3 is 1.64 bits per heavy atom. The van der Waals surface area contributed by atoms with Crippen molar-refractivity contribution in [3.8, 4) is 0 Å². The van der Waals surface area contributed by atoms with Crippen LogP contribution in [0.4, 0.5) is 0 Å². The Labute approximate surface area is 406 Å². The summed E-state index contributed by atoms with van der Waals surface area (Å²) in [5, 5.41) is 29.5. The van der Waals surface area contributed by atoms with Gasteiger partial charge in [0.25, 0.3) is 0 Å². The van der Waals surface area contributed by atoms with Gasteiger partial charge in [-0.15, -0.1) is 0 Å². The summed E-state index contributed by atoms with van der Waals surface area (Å²) in [6, 6.07) is 7.84. The number of carbonyl (C=O) groups is 9. The average Bonchev–Trinajstić information content (AvgIpc) is 4.15. The van der Waals surface area contributed by atoms with Crippen molar-refractivity contribution in [2.45, 2.75) is 134 Å². The minimum absolute atomic E-state index is 0.00754. The summed E-state index contributed by atoms with van der Waals surface area (Å²) < 4.78 is 0. The first kappa shape index (κ1) is 52.2. The molecule has 6 rings (SSSR count). The number of amides is 9. The molecule has 21 nitrogen and oxygen atoms in total. The summed E-state index contributed by atoms with van der Waals surface area (Å²) in [6.07, 6.45) is 2.77. The van der Waals surface area contributed by atoms with Crippen LogP contribution in [0.1, 0.15) is 76.6 Å². The Morgan fingerprint density at radius 2 is 1.10 bits per heavy atom. The first-order valence-electron chi connectivity index (χ1n) is 23.9. The number of hydrogen-bond acceptors (Lipinski definition) is 11. The van der Waals surface area contributed by atoms with E-state index in [0.29, 0.717) is 29.7 Å². The molecular weight excluding hydrogens is 903 g/mol. The molecule has 1 aromatic heterocycles. The van der Waals surface area contributed by atoms with Gasteiger partial charge in [-0.2, -0.15) is 0 Å². The Balaban J connectivity index is 1.34. The molecule has 9 amide bonds. The van der Waals surface area contributed by atoms with Gasteiger partial charge < -0.3 is 57.1 Å². The Morgan fingerprint density at radius 1 is 0.600 bits per heavy atom. The molecule has 9 atom stereocenters. The second kappa shape index (κ2) is 24.4. The van der Waals surface area contributed by atoms with Crippen LogP contribution in [-0.2, 0) is 62.4 Å². The minimum Gasteiger partial charge on any atom is -0.391 e. The fraction of sp³-hybridized carbons (Fsp3) is 0.510. The van der Waals surface area contributed by atoms with Crippen molar-refractivity contribution in [3.63, 3.8) is 0 Å². The van der Waals surface area contributed by atoms with Crippen LogP contribution in [0.2, 0.25) is 0 Å². The molecule has 376 valence electrons. The molecule has 0 bridgehead atoms. The van der Waals surface area contributed by atoms with E-state index >= 15 is 0 Å². The zero-order valence-corrected chi connectivity index (χ0v) is 39.9. The molecule has 3 aliphatic rings. The molecule has 3 fully saturated rings. The number of rotatable bonds is 9. The van der Waals surface area contributed by atoms with Gasteiger partial charge in [0, 0.05) is 44.2 Å². The van der Waals surface area contributed by atoms with E-state index in [-0.39, 0.29) is 57.5 Å². The largest absolute Gasteiger partial charge is 0.391 e. The molecule has 0 unspecified atom stereocenters. The van der Waals surface area contributed by atoms with Crippen LogP contribution in [-0.4, -0.2) is 152 Å². The number of aromatic nitrogens is 2. The summed E-state index contributed by atoms with van der Waals surface area (Å²) in [5.41, 5.74) is 1.76. The minimum atomic E-state index is -1.64. The van der Waals surface area contributed by atoms with Crippen molar-refractivity contribution in [1.82, 2.24) is 57.0 Å². The topological polar surface area (TPSA) is 293 Å². The monoisotopic (exact) mass is 967 g/mol. The van der Waals surface area contributed by atoms with Gasteiger partial charge in [0.1, 0.15) is 48.3 Å². The quantitative estimate of drug-likeness (QED) is 0.124. The predicted octanol–water partition coefficient (Wildman–Crippen LogP) is -1.09. The number of carbonyl (C=O) groups excluding carboxylic acids is 9. The second-order valence-corrected chi connectivity index (χ2v) is 18.6. The number of benzene rings is 2. The summed E-state index contributed by atoms with van der Waals surface area (Å²) in [7, 11) is 0. The van der Waals surface area contributed by atoms with Crippen LogP contribution in [0.25, 0.3) is 0 Å². The Bertz CT molecular complexity index is 2330. The SMILES string of the molecule is CC(C)C[C@@H]1NC(=O)[C@H](Cc2ccccc2)NC(=O)[C@H](Cc2cnc[nH]2)NC(=O)[C@H]([C@@H](C)O)NC(=O)CNC(=O)[C@H](Cc2ccccc2)NC(=O)[C@@H]2CCCN2C(=O)[C@H](C)NC(=O)[C@@H]2CCCN2C1=O. The van der Waals surface area contributed by atoms with E-state index in [1.165, 1.54) is 36.2 Å². The lowest BCUT2D eigenvalue weighted by Crippen LogP contribution is -2.61.